The van der Waals surface area contributed by atoms with Crippen molar-refractivity contribution in [1.29, 1.82) is 0 Å². The van der Waals surface area contributed by atoms with E-state index in [4.69, 9.17) is 0 Å². The van der Waals surface area contributed by atoms with Gasteiger partial charge in [-0.25, -0.2) is 0 Å². The van der Waals surface area contributed by atoms with E-state index in [1.165, 1.54) is 38.8 Å². The minimum atomic E-state index is 0.658. The Labute approximate surface area is 85.7 Å². The highest BCUT2D eigenvalue weighted by molar-refractivity contribution is 9.09. The van der Waals surface area contributed by atoms with Crippen molar-refractivity contribution in [3.63, 3.8) is 0 Å². The fraction of sp³-hybridized carbons (Fsp3) is 1.00. The number of nitrogens with zero attached hydrogens (tertiary/aromatic N) is 1. The van der Waals surface area contributed by atoms with Gasteiger partial charge in [0.25, 0.3) is 0 Å². The molecule has 0 N–H and O–H groups in total. The van der Waals surface area contributed by atoms with Crippen molar-refractivity contribution in [2.45, 2.75) is 44.4 Å². The molecule has 0 aliphatic rings. The summed E-state index contributed by atoms with van der Waals surface area (Å²) in [6.45, 7) is 6.93. The minimum absolute atomic E-state index is 0.658. The van der Waals surface area contributed by atoms with Gasteiger partial charge < -0.3 is 4.90 Å². The first-order valence-corrected chi connectivity index (χ1v) is 5.91. The second-order valence-electron chi connectivity index (χ2n) is 3.58. The summed E-state index contributed by atoms with van der Waals surface area (Å²) >= 11 is 3.56. The molecule has 0 aromatic heterocycles. The lowest BCUT2D eigenvalue weighted by atomic mass is 10.2. The molecule has 0 aromatic rings. The number of hydrogen-bond acceptors (Lipinski definition) is 1. The highest BCUT2D eigenvalue weighted by atomic mass is 79.9. The molecule has 1 unspecified atom stereocenters. The van der Waals surface area contributed by atoms with Crippen LogP contribution in [0.2, 0.25) is 0 Å². The van der Waals surface area contributed by atoms with E-state index in [1.54, 1.807) is 0 Å². The van der Waals surface area contributed by atoms with Crippen LogP contribution in [0.3, 0.4) is 0 Å². The molecule has 12 heavy (non-hydrogen) atoms. The van der Waals surface area contributed by atoms with E-state index in [9.17, 15) is 0 Å². The predicted octanol–water partition coefficient (Wildman–Crippen LogP) is 3.28. The number of unbranched alkanes of at least 4 members (excludes halogenated alkanes) is 2. The number of hydrogen-bond donors (Lipinski definition) is 0. The molecular formula is C10H22BrN. The standard InChI is InChI=1S/C10H22BrN/c1-4-5-6-8-12(3)9-7-10(2)11/h10H,4-9H2,1-3H3. The molecule has 0 aromatic carbocycles. The Morgan fingerprint density at radius 2 is 1.92 bits per heavy atom. The molecule has 1 nitrogen and oxygen atoms in total. The number of rotatable bonds is 7. The number of halogens is 1. The second-order valence-corrected chi connectivity index (χ2v) is 5.14. The second kappa shape index (κ2) is 8.06. The van der Waals surface area contributed by atoms with Crippen LogP contribution in [0.1, 0.15) is 39.5 Å². The molecule has 0 amide bonds. The molecule has 0 fully saturated rings. The molecule has 0 saturated carbocycles. The zero-order valence-corrected chi connectivity index (χ0v) is 10.2. The Balaban J connectivity index is 3.15. The van der Waals surface area contributed by atoms with Crippen LogP contribution >= 0.6 is 15.9 Å². The molecule has 0 radical (unpaired) electrons. The molecule has 0 aliphatic heterocycles. The first-order valence-electron chi connectivity index (χ1n) is 4.99. The Morgan fingerprint density at radius 3 is 2.42 bits per heavy atom. The van der Waals surface area contributed by atoms with E-state index >= 15 is 0 Å². The first-order chi connectivity index (χ1) is 5.66. The highest BCUT2D eigenvalue weighted by Gasteiger charge is 2.00. The maximum Gasteiger partial charge on any atom is 0.0129 e. The number of alkyl halides is 1. The summed E-state index contributed by atoms with van der Waals surface area (Å²) in [6, 6.07) is 0. The van der Waals surface area contributed by atoms with Crippen LogP contribution < -0.4 is 0 Å². The topological polar surface area (TPSA) is 3.24 Å². The van der Waals surface area contributed by atoms with E-state index in [2.05, 4.69) is 41.7 Å². The van der Waals surface area contributed by atoms with Crippen LogP contribution in [0.4, 0.5) is 0 Å². The van der Waals surface area contributed by atoms with Gasteiger partial charge in [0.05, 0.1) is 0 Å². The Bertz CT molecular complexity index is 93.8. The van der Waals surface area contributed by atoms with E-state index in [1.807, 2.05) is 0 Å². The largest absolute Gasteiger partial charge is 0.306 e. The summed E-state index contributed by atoms with van der Waals surface area (Å²) in [7, 11) is 2.21. The van der Waals surface area contributed by atoms with Crippen molar-refractivity contribution in [3.8, 4) is 0 Å². The maximum absolute atomic E-state index is 3.56. The summed E-state index contributed by atoms with van der Waals surface area (Å²) in [4.78, 5) is 3.08. The van der Waals surface area contributed by atoms with Crippen LogP contribution in [-0.2, 0) is 0 Å². The summed E-state index contributed by atoms with van der Waals surface area (Å²) < 4.78 is 0. The van der Waals surface area contributed by atoms with Crippen molar-refractivity contribution < 1.29 is 0 Å². The van der Waals surface area contributed by atoms with E-state index in [-0.39, 0.29) is 0 Å². The average molecular weight is 236 g/mol. The van der Waals surface area contributed by atoms with Gasteiger partial charge in [-0.3, -0.25) is 0 Å². The summed E-state index contributed by atoms with van der Waals surface area (Å²) in [6.07, 6.45) is 5.29. The quantitative estimate of drug-likeness (QED) is 0.484. The molecule has 1 atom stereocenters. The zero-order chi connectivity index (χ0) is 9.40. The molecule has 0 rings (SSSR count). The van der Waals surface area contributed by atoms with Gasteiger partial charge in [-0.1, -0.05) is 42.6 Å². The molecule has 0 bridgehead atoms. The van der Waals surface area contributed by atoms with E-state index < -0.39 is 0 Å². The van der Waals surface area contributed by atoms with Crippen molar-refractivity contribution in [2.24, 2.45) is 0 Å². The van der Waals surface area contributed by atoms with E-state index in [0.717, 1.165) is 0 Å². The molecule has 0 heterocycles. The van der Waals surface area contributed by atoms with Gasteiger partial charge in [0, 0.05) is 4.83 Å². The van der Waals surface area contributed by atoms with Crippen molar-refractivity contribution in [1.82, 2.24) is 4.90 Å². The normalized spacial score (nSPS) is 13.8. The molecule has 0 saturated heterocycles. The molecule has 2 heteroatoms. The third kappa shape index (κ3) is 8.54. The lowest BCUT2D eigenvalue weighted by Gasteiger charge is -2.16. The average Bonchev–Trinajstić information content (AvgIpc) is 2.01. The van der Waals surface area contributed by atoms with Crippen molar-refractivity contribution in [2.75, 3.05) is 20.1 Å². The molecule has 0 spiro atoms. The highest BCUT2D eigenvalue weighted by Crippen LogP contribution is 2.04. The summed E-state index contributed by atoms with van der Waals surface area (Å²) in [5.74, 6) is 0. The SMILES string of the molecule is CCCCCN(C)CCC(C)Br. The third-order valence-corrected chi connectivity index (χ3v) is 2.51. The first kappa shape index (κ1) is 12.4. The molecule has 0 aliphatic carbocycles. The van der Waals surface area contributed by atoms with Crippen molar-refractivity contribution in [3.05, 3.63) is 0 Å². The lowest BCUT2D eigenvalue weighted by molar-refractivity contribution is 0.322. The summed E-state index contributed by atoms with van der Waals surface area (Å²) in [5.41, 5.74) is 0. The van der Waals surface area contributed by atoms with Gasteiger partial charge in [-0.2, -0.15) is 0 Å². The Kier molecular flexibility index (Phi) is 8.35. The van der Waals surface area contributed by atoms with Crippen LogP contribution in [0.5, 0.6) is 0 Å². The summed E-state index contributed by atoms with van der Waals surface area (Å²) in [5, 5.41) is 0. The maximum atomic E-state index is 3.56. The third-order valence-electron chi connectivity index (χ3n) is 2.05. The van der Waals surface area contributed by atoms with Gasteiger partial charge >= 0.3 is 0 Å². The predicted molar refractivity (Wildman–Crippen MR) is 60.0 cm³/mol. The van der Waals surface area contributed by atoms with Crippen LogP contribution in [0.25, 0.3) is 0 Å². The fourth-order valence-corrected chi connectivity index (χ4v) is 1.35. The van der Waals surface area contributed by atoms with Gasteiger partial charge in [0.1, 0.15) is 0 Å². The monoisotopic (exact) mass is 235 g/mol. The Hall–Kier alpha value is 0.440. The van der Waals surface area contributed by atoms with Gasteiger partial charge in [0.2, 0.25) is 0 Å². The van der Waals surface area contributed by atoms with Crippen LogP contribution in [0, 0.1) is 0 Å². The fourth-order valence-electron chi connectivity index (χ4n) is 1.14. The van der Waals surface area contributed by atoms with E-state index in [0.29, 0.717) is 4.83 Å². The Morgan fingerprint density at radius 1 is 1.25 bits per heavy atom. The van der Waals surface area contributed by atoms with Crippen molar-refractivity contribution >= 4 is 15.9 Å². The zero-order valence-electron chi connectivity index (χ0n) is 8.65. The van der Waals surface area contributed by atoms with Crippen LogP contribution in [0.15, 0.2) is 0 Å². The van der Waals surface area contributed by atoms with Crippen LogP contribution in [-0.4, -0.2) is 29.9 Å². The molecular weight excluding hydrogens is 214 g/mol. The van der Waals surface area contributed by atoms with Gasteiger partial charge in [0.15, 0.2) is 0 Å². The molecule has 74 valence electrons. The smallest absolute Gasteiger partial charge is 0.0129 e. The minimum Gasteiger partial charge on any atom is -0.306 e. The van der Waals surface area contributed by atoms with Gasteiger partial charge in [-0.05, 0) is 33.0 Å². The lowest BCUT2D eigenvalue weighted by Crippen LogP contribution is -2.22. The van der Waals surface area contributed by atoms with Gasteiger partial charge in [-0.15, -0.1) is 0 Å².